The first-order chi connectivity index (χ1) is 9.24. The molecule has 3 rings (SSSR count). The third-order valence-corrected chi connectivity index (χ3v) is 4.08. The monoisotopic (exact) mass is 270 g/mol. The SMILES string of the molecule is O=C(c1ccc(Cl)cc1)c1cccc(C2CCC2)c1. The Morgan fingerprint density at radius 1 is 1.00 bits per heavy atom. The number of carbonyl (C=O) groups excluding carboxylic acids is 1. The zero-order valence-electron chi connectivity index (χ0n) is 10.6. The lowest BCUT2D eigenvalue weighted by Gasteiger charge is -2.26. The molecule has 0 unspecified atom stereocenters. The molecule has 2 aromatic carbocycles. The molecule has 0 N–H and O–H groups in total. The van der Waals surface area contributed by atoms with Gasteiger partial charge in [0, 0.05) is 16.1 Å². The molecule has 0 spiro atoms. The van der Waals surface area contributed by atoms with Crippen LogP contribution in [0.4, 0.5) is 0 Å². The molecule has 0 atom stereocenters. The van der Waals surface area contributed by atoms with Crippen molar-refractivity contribution in [1.82, 2.24) is 0 Å². The summed E-state index contributed by atoms with van der Waals surface area (Å²) in [7, 11) is 0. The molecular weight excluding hydrogens is 256 g/mol. The number of ketones is 1. The average molecular weight is 271 g/mol. The summed E-state index contributed by atoms with van der Waals surface area (Å²) in [5.74, 6) is 0.718. The summed E-state index contributed by atoms with van der Waals surface area (Å²) in [5, 5.41) is 0.653. The lowest BCUT2D eigenvalue weighted by molar-refractivity contribution is 0.103. The van der Waals surface area contributed by atoms with Gasteiger partial charge in [-0.05, 0) is 54.7 Å². The van der Waals surface area contributed by atoms with Gasteiger partial charge in [0.25, 0.3) is 0 Å². The van der Waals surface area contributed by atoms with Gasteiger partial charge in [-0.1, -0.05) is 36.2 Å². The second kappa shape index (κ2) is 5.18. The molecule has 1 aliphatic rings. The first-order valence-electron chi connectivity index (χ1n) is 6.64. The number of rotatable bonds is 3. The number of hydrogen-bond acceptors (Lipinski definition) is 1. The van der Waals surface area contributed by atoms with Crippen molar-refractivity contribution >= 4 is 17.4 Å². The van der Waals surface area contributed by atoms with Crippen LogP contribution in [0.1, 0.15) is 46.7 Å². The molecule has 0 radical (unpaired) electrons. The van der Waals surface area contributed by atoms with Crippen molar-refractivity contribution in [2.24, 2.45) is 0 Å². The summed E-state index contributed by atoms with van der Waals surface area (Å²) in [5.41, 5.74) is 2.76. The van der Waals surface area contributed by atoms with E-state index in [1.165, 1.54) is 24.8 Å². The van der Waals surface area contributed by atoms with Crippen molar-refractivity contribution < 1.29 is 4.79 Å². The van der Waals surface area contributed by atoms with Crippen LogP contribution in [0.3, 0.4) is 0 Å². The van der Waals surface area contributed by atoms with Crippen LogP contribution < -0.4 is 0 Å². The van der Waals surface area contributed by atoms with E-state index < -0.39 is 0 Å². The third-order valence-electron chi connectivity index (χ3n) is 3.83. The molecule has 0 bridgehead atoms. The third kappa shape index (κ3) is 2.57. The van der Waals surface area contributed by atoms with Crippen molar-refractivity contribution in [2.45, 2.75) is 25.2 Å². The highest BCUT2D eigenvalue weighted by atomic mass is 35.5. The summed E-state index contributed by atoms with van der Waals surface area (Å²) in [6.45, 7) is 0. The van der Waals surface area contributed by atoms with Gasteiger partial charge in [0.15, 0.2) is 5.78 Å². The highest BCUT2D eigenvalue weighted by Crippen LogP contribution is 2.36. The van der Waals surface area contributed by atoms with Gasteiger partial charge in [0.2, 0.25) is 0 Å². The Kier molecular flexibility index (Phi) is 3.39. The van der Waals surface area contributed by atoms with Crippen LogP contribution in [0.5, 0.6) is 0 Å². The first-order valence-corrected chi connectivity index (χ1v) is 7.02. The summed E-state index contributed by atoms with van der Waals surface area (Å²) in [4.78, 5) is 12.4. The maximum absolute atomic E-state index is 12.4. The van der Waals surface area contributed by atoms with E-state index in [2.05, 4.69) is 6.07 Å². The van der Waals surface area contributed by atoms with Gasteiger partial charge in [0.1, 0.15) is 0 Å². The van der Waals surface area contributed by atoms with Crippen LogP contribution in [0, 0.1) is 0 Å². The molecule has 1 fully saturated rings. The Balaban J connectivity index is 1.88. The molecule has 2 heteroatoms. The summed E-state index contributed by atoms with van der Waals surface area (Å²) in [6.07, 6.45) is 3.80. The molecular formula is C17H15ClO. The largest absolute Gasteiger partial charge is 0.289 e. The molecule has 1 nitrogen and oxygen atoms in total. The molecule has 1 saturated carbocycles. The minimum absolute atomic E-state index is 0.0674. The van der Waals surface area contributed by atoms with E-state index in [1.54, 1.807) is 24.3 Å². The molecule has 19 heavy (non-hydrogen) atoms. The van der Waals surface area contributed by atoms with Crippen molar-refractivity contribution in [2.75, 3.05) is 0 Å². The second-order valence-electron chi connectivity index (χ2n) is 5.09. The van der Waals surface area contributed by atoms with Crippen LogP contribution >= 0.6 is 11.6 Å². The predicted molar refractivity (Wildman–Crippen MR) is 77.9 cm³/mol. The molecule has 1 aliphatic carbocycles. The number of hydrogen-bond donors (Lipinski definition) is 0. The van der Waals surface area contributed by atoms with Crippen molar-refractivity contribution in [3.8, 4) is 0 Å². The van der Waals surface area contributed by atoms with Crippen molar-refractivity contribution in [1.29, 1.82) is 0 Å². The van der Waals surface area contributed by atoms with E-state index in [0.717, 1.165) is 5.56 Å². The van der Waals surface area contributed by atoms with E-state index >= 15 is 0 Å². The average Bonchev–Trinajstić information content (AvgIpc) is 2.37. The van der Waals surface area contributed by atoms with Gasteiger partial charge >= 0.3 is 0 Å². The van der Waals surface area contributed by atoms with Gasteiger partial charge in [-0.2, -0.15) is 0 Å². The standard InChI is InChI=1S/C17H15ClO/c18-16-9-7-13(8-10-16)17(19)15-6-2-5-14(11-15)12-3-1-4-12/h2,5-12H,1,3-4H2. The number of benzene rings is 2. The van der Waals surface area contributed by atoms with Crippen LogP contribution in [0.25, 0.3) is 0 Å². The predicted octanol–water partition coefficient (Wildman–Crippen LogP) is 4.84. The molecule has 0 heterocycles. The lowest BCUT2D eigenvalue weighted by Crippen LogP contribution is -2.10. The highest BCUT2D eigenvalue weighted by molar-refractivity contribution is 6.30. The van der Waals surface area contributed by atoms with Crippen LogP contribution in [-0.4, -0.2) is 5.78 Å². The molecule has 2 aromatic rings. The Bertz CT molecular complexity index is 597. The second-order valence-corrected chi connectivity index (χ2v) is 5.53. The van der Waals surface area contributed by atoms with Crippen LogP contribution in [0.15, 0.2) is 48.5 Å². The minimum atomic E-state index is 0.0674. The van der Waals surface area contributed by atoms with Crippen molar-refractivity contribution in [3.63, 3.8) is 0 Å². The maximum atomic E-state index is 12.4. The van der Waals surface area contributed by atoms with E-state index in [0.29, 0.717) is 16.5 Å². The van der Waals surface area contributed by atoms with E-state index in [4.69, 9.17) is 11.6 Å². The Hall–Kier alpha value is -1.60. The zero-order chi connectivity index (χ0) is 13.2. The normalized spacial score (nSPS) is 15.0. The van der Waals surface area contributed by atoms with E-state index in [1.807, 2.05) is 18.2 Å². The van der Waals surface area contributed by atoms with Gasteiger partial charge in [-0.25, -0.2) is 0 Å². The molecule has 0 aliphatic heterocycles. The maximum Gasteiger partial charge on any atom is 0.193 e. The zero-order valence-corrected chi connectivity index (χ0v) is 11.4. The molecule has 0 saturated heterocycles. The fraction of sp³-hybridized carbons (Fsp3) is 0.235. The van der Waals surface area contributed by atoms with E-state index in [9.17, 15) is 4.79 Å². The highest BCUT2D eigenvalue weighted by Gasteiger charge is 2.20. The molecule has 0 aromatic heterocycles. The quantitative estimate of drug-likeness (QED) is 0.730. The summed E-state index contributed by atoms with van der Waals surface area (Å²) in [6, 6.07) is 15.1. The van der Waals surface area contributed by atoms with Crippen LogP contribution in [0.2, 0.25) is 5.02 Å². The Labute approximate surface area is 118 Å². The Morgan fingerprint density at radius 2 is 1.74 bits per heavy atom. The van der Waals surface area contributed by atoms with Gasteiger partial charge < -0.3 is 0 Å². The summed E-state index contributed by atoms with van der Waals surface area (Å²) >= 11 is 5.84. The van der Waals surface area contributed by atoms with Crippen molar-refractivity contribution in [3.05, 3.63) is 70.2 Å². The van der Waals surface area contributed by atoms with Gasteiger partial charge in [0.05, 0.1) is 0 Å². The molecule has 96 valence electrons. The minimum Gasteiger partial charge on any atom is -0.289 e. The number of halogens is 1. The fourth-order valence-electron chi connectivity index (χ4n) is 2.44. The van der Waals surface area contributed by atoms with Crippen LogP contribution in [-0.2, 0) is 0 Å². The number of carbonyl (C=O) groups is 1. The fourth-order valence-corrected chi connectivity index (χ4v) is 2.57. The smallest absolute Gasteiger partial charge is 0.193 e. The first kappa shape index (κ1) is 12.4. The van der Waals surface area contributed by atoms with Gasteiger partial charge in [-0.3, -0.25) is 4.79 Å². The topological polar surface area (TPSA) is 17.1 Å². The Morgan fingerprint density at radius 3 is 2.37 bits per heavy atom. The lowest BCUT2D eigenvalue weighted by atomic mass is 9.79. The van der Waals surface area contributed by atoms with Gasteiger partial charge in [-0.15, -0.1) is 0 Å². The molecule has 0 amide bonds. The summed E-state index contributed by atoms with van der Waals surface area (Å²) < 4.78 is 0. The van der Waals surface area contributed by atoms with E-state index in [-0.39, 0.29) is 5.78 Å².